The van der Waals surface area contributed by atoms with Crippen molar-refractivity contribution in [2.24, 2.45) is 7.05 Å². The average molecular weight is 264 g/mol. The first-order valence-electron chi connectivity index (χ1n) is 5.98. The number of aryl methyl sites for hydroxylation is 1. The monoisotopic (exact) mass is 264 g/mol. The Morgan fingerprint density at radius 1 is 1.67 bits per heavy atom. The highest BCUT2D eigenvalue weighted by Gasteiger charge is 2.35. The number of amides is 1. The zero-order valence-electron chi connectivity index (χ0n) is 10.3. The Kier molecular flexibility index (Phi) is 3.92. The predicted molar refractivity (Wildman–Crippen MR) is 68.9 cm³/mol. The van der Waals surface area contributed by atoms with E-state index in [-0.39, 0.29) is 5.91 Å². The first-order chi connectivity index (χ1) is 8.65. The van der Waals surface area contributed by atoms with Gasteiger partial charge >= 0.3 is 0 Å². The highest BCUT2D eigenvalue weighted by Crippen LogP contribution is 2.29. The van der Waals surface area contributed by atoms with Crippen LogP contribution in [0.2, 0.25) is 0 Å². The van der Waals surface area contributed by atoms with Crippen LogP contribution in [-0.2, 0) is 11.8 Å². The summed E-state index contributed by atoms with van der Waals surface area (Å²) in [5.74, 6) is 0.209. The third kappa shape index (κ3) is 2.85. The number of imidazole rings is 1. The number of hydrogen-bond donors (Lipinski definition) is 1. The number of thioether (sulfide) groups is 1. The summed E-state index contributed by atoms with van der Waals surface area (Å²) in [6.45, 7) is 0. The van der Waals surface area contributed by atoms with Crippen LogP contribution in [0.3, 0.4) is 0 Å². The molecule has 0 radical (unpaired) electrons. The Morgan fingerprint density at radius 2 is 2.39 bits per heavy atom. The van der Waals surface area contributed by atoms with E-state index in [0.29, 0.717) is 5.75 Å². The van der Waals surface area contributed by atoms with E-state index < -0.39 is 5.54 Å². The molecule has 1 saturated carbocycles. The first kappa shape index (κ1) is 13.0. The zero-order chi connectivity index (χ0) is 13.0. The average Bonchev–Trinajstić information content (AvgIpc) is 2.97. The second-order valence-corrected chi connectivity index (χ2v) is 5.50. The van der Waals surface area contributed by atoms with Crippen molar-refractivity contribution in [1.29, 1.82) is 5.26 Å². The normalized spacial score (nSPS) is 17.3. The summed E-state index contributed by atoms with van der Waals surface area (Å²) in [5, 5.41) is 12.8. The number of carbonyl (C=O) groups is 1. The first-order valence-corrected chi connectivity index (χ1v) is 6.96. The van der Waals surface area contributed by atoms with Crippen molar-refractivity contribution in [2.75, 3.05) is 5.75 Å². The van der Waals surface area contributed by atoms with Crippen LogP contribution < -0.4 is 5.32 Å². The lowest BCUT2D eigenvalue weighted by atomic mass is 10.0. The highest BCUT2D eigenvalue weighted by atomic mass is 32.2. The van der Waals surface area contributed by atoms with Gasteiger partial charge in [-0.2, -0.15) is 5.26 Å². The molecule has 5 nitrogen and oxygen atoms in total. The Labute approximate surface area is 111 Å². The van der Waals surface area contributed by atoms with Crippen molar-refractivity contribution in [1.82, 2.24) is 14.9 Å². The molecular weight excluding hydrogens is 248 g/mol. The van der Waals surface area contributed by atoms with Gasteiger partial charge in [0.15, 0.2) is 5.16 Å². The van der Waals surface area contributed by atoms with Crippen molar-refractivity contribution >= 4 is 17.7 Å². The Bertz CT molecular complexity index is 471. The molecule has 1 aliphatic carbocycles. The molecule has 0 spiro atoms. The molecule has 1 amide bonds. The van der Waals surface area contributed by atoms with Crippen molar-refractivity contribution in [2.45, 2.75) is 36.4 Å². The molecule has 0 aliphatic heterocycles. The Hall–Kier alpha value is -1.48. The number of nitriles is 1. The molecule has 0 bridgehead atoms. The Morgan fingerprint density at radius 3 is 2.94 bits per heavy atom. The second-order valence-electron chi connectivity index (χ2n) is 4.56. The van der Waals surface area contributed by atoms with Gasteiger partial charge in [-0.1, -0.05) is 11.8 Å². The molecule has 2 rings (SSSR count). The van der Waals surface area contributed by atoms with Gasteiger partial charge in [0.1, 0.15) is 5.54 Å². The van der Waals surface area contributed by atoms with Crippen LogP contribution in [-0.4, -0.2) is 26.8 Å². The van der Waals surface area contributed by atoms with Crippen LogP contribution in [0.1, 0.15) is 25.7 Å². The summed E-state index contributed by atoms with van der Waals surface area (Å²) in [6.07, 6.45) is 7.10. The number of carbonyl (C=O) groups excluding carboxylic acids is 1. The van der Waals surface area contributed by atoms with E-state index in [9.17, 15) is 10.1 Å². The lowest BCUT2D eigenvalue weighted by Crippen LogP contribution is -2.45. The minimum Gasteiger partial charge on any atom is -0.337 e. The van der Waals surface area contributed by atoms with Gasteiger partial charge in [-0.3, -0.25) is 4.79 Å². The summed E-state index contributed by atoms with van der Waals surface area (Å²) in [7, 11) is 1.89. The van der Waals surface area contributed by atoms with Gasteiger partial charge in [0.25, 0.3) is 0 Å². The van der Waals surface area contributed by atoms with Gasteiger partial charge in [0.05, 0.1) is 11.8 Å². The van der Waals surface area contributed by atoms with E-state index in [1.807, 2.05) is 17.8 Å². The maximum Gasteiger partial charge on any atom is 0.231 e. The quantitative estimate of drug-likeness (QED) is 0.836. The van der Waals surface area contributed by atoms with E-state index in [0.717, 1.165) is 30.8 Å². The molecule has 96 valence electrons. The van der Waals surface area contributed by atoms with Crippen LogP contribution in [0.5, 0.6) is 0 Å². The van der Waals surface area contributed by atoms with E-state index in [2.05, 4.69) is 16.4 Å². The summed E-state index contributed by atoms with van der Waals surface area (Å²) >= 11 is 1.38. The number of aromatic nitrogens is 2. The van der Waals surface area contributed by atoms with Crippen LogP contribution in [0.4, 0.5) is 0 Å². The van der Waals surface area contributed by atoms with E-state index in [4.69, 9.17) is 0 Å². The molecule has 0 saturated heterocycles. The maximum absolute atomic E-state index is 11.8. The number of hydrogen-bond acceptors (Lipinski definition) is 4. The van der Waals surface area contributed by atoms with Crippen molar-refractivity contribution < 1.29 is 4.79 Å². The molecule has 1 N–H and O–H groups in total. The van der Waals surface area contributed by atoms with Crippen LogP contribution in [0.15, 0.2) is 17.6 Å². The Balaban J connectivity index is 1.86. The van der Waals surface area contributed by atoms with Gasteiger partial charge < -0.3 is 9.88 Å². The second kappa shape index (κ2) is 5.44. The van der Waals surface area contributed by atoms with Gasteiger partial charge in [-0.15, -0.1) is 0 Å². The molecule has 18 heavy (non-hydrogen) atoms. The lowest BCUT2D eigenvalue weighted by Gasteiger charge is -2.21. The van der Waals surface area contributed by atoms with Crippen LogP contribution in [0.25, 0.3) is 0 Å². The molecule has 1 fully saturated rings. The lowest BCUT2D eigenvalue weighted by molar-refractivity contribution is -0.119. The fourth-order valence-corrected chi connectivity index (χ4v) is 2.90. The van der Waals surface area contributed by atoms with Crippen molar-refractivity contribution in [3.63, 3.8) is 0 Å². The van der Waals surface area contributed by atoms with E-state index in [1.165, 1.54) is 11.8 Å². The van der Waals surface area contributed by atoms with Gasteiger partial charge in [-0.25, -0.2) is 4.98 Å². The standard InChI is InChI=1S/C12H16N4OS/c1-16-7-6-14-11(16)18-8-10(17)15-12(9-13)4-2-3-5-12/h6-7H,2-5,8H2,1H3,(H,15,17). The molecule has 1 heterocycles. The topological polar surface area (TPSA) is 70.7 Å². The van der Waals surface area contributed by atoms with Gasteiger partial charge in [0, 0.05) is 19.4 Å². The molecular formula is C12H16N4OS. The number of rotatable bonds is 4. The molecule has 0 aromatic carbocycles. The fraction of sp³-hybridized carbons (Fsp3) is 0.583. The molecule has 1 aromatic heterocycles. The number of nitrogens with zero attached hydrogens (tertiary/aromatic N) is 3. The minimum atomic E-state index is -0.626. The van der Waals surface area contributed by atoms with E-state index >= 15 is 0 Å². The van der Waals surface area contributed by atoms with E-state index in [1.54, 1.807) is 6.20 Å². The molecule has 6 heteroatoms. The zero-order valence-corrected chi connectivity index (χ0v) is 11.2. The molecule has 1 aliphatic rings. The molecule has 0 unspecified atom stereocenters. The highest BCUT2D eigenvalue weighted by molar-refractivity contribution is 7.99. The largest absolute Gasteiger partial charge is 0.337 e. The van der Waals surface area contributed by atoms with Crippen molar-refractivity contribution in [3.8, 4) is 6.07 Å². The fourth-order valence-electron chi connectivity index (χ4n) is 2.17. The molecule has 1 aromatic rings. The number of nitrogens with one attached hydrogen (secondary N) is 1. The van der Waals surface area contributed by atoms with Crippen molar-refractivity contribution in [3.05, 3.63) is 12.4 Å². The summed E-state index contributed by atoms with van der Waals surface area (Å²) in [4.78, 5) is 16.0. The smallest absolute Gasteiger partial charge is 0.231 e. The SMILES string of the molecule is Cn1ccnc1SCC(=O)NC1(C#N)CCCC1. The van der Waals surface area contributed by atoms with Gasteiger partial charge in [0.2, 0.25) is 5.91 Å². The summed E-state index contributed by atoms with van der Waals surface area (Å²) < 4.78 is 1.87. The third-order valence-electron chi connectivity index (χ3n) is 3.16. The van der Waals surface area contributed by atoms with Gasteiger partial charge in [-0.05, 0) is 25.7 Å². The predicted octanol–water partition coefficient (Wildman–Crippen LogP) is 1.46. The summed E-state index contributed by atoms with van der Waals surface area (Å²) in [5.41, 5.74) is -0.626. The maximum atomic E-state index is 11.8. The van der Waals surface area contributed by atoms with Crippen LogP contribution in [0, 0.1) is 11.3 Å². The molecule has 0 atom stereocenters. The minimum absolute atomic E-state index is 0.0912. The third-order valence-corrected chi connectivity index (χ3v) is 4.22. The van der Waals surface area contributed by atoms with Crippen LogP contribution >= 0.6 is 11.8 Å². The summed E-state index contributed by atoms with van der Waals surface area (Å²) in [6, 6.07) is 2.25.